The Labute approximate surface area is 134 Å². The molecule has 0 aromatic carbocycles. The van der Waals surface area contributed by atoms with Gasteiger partial charge in [0.1, 0.15) is 0 Å². The van der Waals surface area contributed by atoms with Crippen molar-refractivity contribution in [3.63, 3.8) is 0 Å². The van der Waals surface area contributed by atoms with Crippen LogP contribution in [0.5, 0.6) is 0 Å². The largest absolute Gasteiger partial charge is 3.00 e. The van der Waals surface area contributed by atoms with Crippen LogP contribution in [0.3, 0.4) is 0 Å². The molecule has 0 bridgehead atoms. The standard InChI is InChI=1S/2Fe.3H2O3S2/c;;3*1-5(2,3)4/h;;3*(H2,1,2,3,4)/q2*+3;;;/p-6. The molecule has 0 aliphatic heterocycles. The van der Waals surface area contributed by atoms with E-state index in [9.17, 15) is 0 Å². The molecule has 0 aromatic rings. The average molecular weight is 448 g/mol. The van der Waals surface area contributed by atoms with Crippen molar-refractivity contribution < 1.29 is 73.0 Å². The fraction of sp³-hybridized carbons (Fsp3) is 0. The third-order valence-electron chi connectivity index (χ3n) is 0. The van der Waals surface area contributed by atoms with Crippen LogP contribution in [0.1, 0.15) is 0 Å². The maximum absolute atomic E-state index is 8.89. The molecule has 0 unspecified atom stereocenters. The average Bonchev–Trinajstić information content (AvgIpc) is 1.41. The van der Waals surface area contributed by atoms with Crippen LogP contribution in [0, 0.1) is 0 Å². The van der Waals surface area contributed by atoms with Crippen LogP contribution in [0.15, 0.2) is 0 Å². The van der Waals surface area contributed by atoms with Crippen molar-refractivity contribution in [1.82, 2.24) is 0 Å². The Balaban J connectivity index is -0.0000000400. The van der Waals surface area contributed by atoms with E-state index in [1.807, 2.05) is 0 Å². The summed E-state index contributed by atoms with van der Waals surface area (Å²) in [5, 5.41) is 0. The molecule has 17 heteroatoms. The molecule has 0 saturated heterocycles. The molecule has 106 valence electrons. The first kappa shape index (κ1) is 31.3. The summed E-state index contributed by atoms with van der Waals surface area (Å²) in [7, 11) is -13.0. The Morgan fingerprint density at radius 3 is 0.529 bits per heavy atom. The van der Waals surface area contributed by atoms with E-state index in [2.05, 4.69) is 35.0 Å². The van der Waals surface area contributed by atoms with Crippen LogP contribution >= 0.6 is 0 Å². The van der Waals surface area contributed by atoms with Crippen LogP contribution in [-0.4, -0.2) is 38.9 Å². The second-order valence-corrected chi connectivity index (χ2v) is 7.35. The molecule has 17 heavy (non-hydrogen) atoms. The van der Waals surface area contributed by atoms with E-state index in [4.69, 9.17) is 38.9 Å². The normalized spacial score (nSPS) is 10.2. The summed E-state index contributed by atoms with van der Waals surface area (Å²) >= 11 is 9.73. The molecule has 9 nitrogen and oxygen atoms in total. The number of hydrogen-bond donors (Lipinski definition) is 0. The SMILES string of the molecule is O=S(=O)([O-])[S-].O=S(=O)([O-])[S-].O=S(=O)([O-])[S-].[Fe+3].[Fe+3]. The molecule has 0 fully saturated rings. The van der Waals surface area contributed by atoms with E-state index in [0.717, 1.165) is 0 Å². The van der Waals surface area contributed by atoms with E-state index in [1.54, 1.807) is 0 Å². The van der Waals surface area contributed by atoms with Gasteiger partial charge in [-0.2, -0.15) is 0 Å². The summed E-state index contributed by atoms with van der Waals surface area (Å²) in [6.07, 6.45) is 0. The minimum absolute atomic E-state index is 0. The minimum atomic E-state index is -4.33. The maximum Gasteiger partial charge on any atom is 3.00 e. The van der Waals surface area contributed by atoms with E-state index in [0.29, 0.717) is 0 Å². The van der Waals surface area contributed by atoms with Crippen molar-refractivity contribution in [2.24, 2.45) is 0 Å². The number of rotatable bonds is 0. The van der Waals surface area contributed by atoms with Crippen molar-refractivity contribution in [2.75, 3.05) is 0 Å². The van der Waals surface area contributed by atoms with E-state index >= 15 is 0 Å². The molecule has 0 amide bonds. The summed E-state index contributed by atoms with van der Waals surface area (Å²) in [4.78, 5) is 0. The van der Waals surface area contributed by atoms with Crippen LogP contribution in [0.2, 0.25) is 0 Å². The third kappa shape index (κ3) is 1350. The Bertz CT molecular complexity index is 344. The van der Waals surface area contributed by atoms with Gasteiger partial charge >= 0.3 is 34.1 Å². The summed E-state index contributed by atoms with van der Waals surface area (Å²) < 4.78 is 80.0. The van der Waals surface area contributed by atoms with Gasteiger partial charge in [-0.3, -0.25) is 25.3 Å². The first-order chi connectivity index (χ1) is 6.00. The molecule has 0 N–H and O–H groups in total. The molecule has 2 radical (unpaired) electrons. The molecule has 0 aromatic heterocycles. The van der Waals surface area contributed by atoms with Crippen molar-refractivity contribution in [2.45, 2.75) is 0 Å². The maximum atomic E-state index is 8.89. The zero-order valence-corrected chi connectivity index (χ0v) is 13.9. The van der Waals surface area contributed by atoms with Crippen LogP contribution in [-0.2, 0) is 96.6 Å². The van der Waals surface area contributed by atoms with Crippen molar-refractivity contribution in [3.05, 3.63) is 0 Å². The molecule has 0 atom stereocenters. The quantitative estimate of drug-likeness (QED) is 0.159. The van der Waals surface area contributed by atoms with Gasteiger partial charge in [0.2, 0.25) is 0 Å². The second-order valence-electron chi connectivity index (χ2n) is 1.22. The summed E-state index contributed by atoms with van der Waals surface area (Å²) in [5.74, 6) is 0. The predicted molar refractivity (Wildman–Crippen MR) is 51.2 cm³/mol. The second kappa shape index (κ2) is 12.8. The third-order valence-corrected chi connectivity index (χ3v) is 0. The van der Waals surface area contributed by atoms with Crippen LogP contribution in [0.25, 0.3) is 0 Å². The summed E-state index contributed by atoms with van der Waals surface area (Å²) in [6, 6.07) is 0. The summed E-state index contributed by atoms with van der Waals surface area (Å²) in [5.41, 5.74) is 0. The van der Waals surface area contributed by atoms with Gasteiger partial charge in [-0.05, 0) is 27.5 Å². The van der Waals surface area contributed by atoms with Crippen molar-refractivity contribution in [1.29, 1.82) is 0 Å². The monoisotopic (exact) mass is 448 g/mol. The zero-order valence-electron chi connectivity index (χ0n) is 6.83. The molecular formula is Fe2O9S6. The first-order valence-corrected chi connectivity index (χ1v) is 9.00. The van der Waals surface area contributed by atoms with E-state index in [-0.39, 0.29) is 34.1 Å². The van der Waals surface area contributed by atoms with Gasteiger partial charge in [-0.25, -0.2) is 0 Å². The smallest absolute Gasteiger partial charge is 0.768 e. The fourth-order valence-corrected chi connectivity index (χ4v) is 0. The molecule has 0 aliphatic carbocycles. The van der Waals surface area contributed by atoms with Gasteiger partial charge in [0, 0.05) is 0 Å². The Morgan fingerprint density at radius 1 is 0.529 bits per heavy atom. The zero-order chi connectivity index (χ0) is 13.5. The van der Waals surface area contributed by atoms with E-state index < -0.39 is 27.5 Å². The molecular weight excluding hydrogens is 448 g/mol. The fourth-order valence-electron chi connectivity index (χ4n) is 0. The molecule has 0 rings (SSSR count). The van der Waals surface area contributed by atoms with Gasteiger partial charge in [-0.15, -0.1) is 0 Å². The Hall–Kier alpha value is 1.82. The van der Waals surface area contributed by atoms with Crippen molar-refractivity contribution >= 4 is 62.4 Å². The first-order valence-electron chi connectivity index (χ1n) is 2.00. The summed E-state index contributed by atoms with van der Waals surface area (Å²) in [6.45, 7) is 0. The molecule has 0 heterocycles. The minimum Gasteiger partial charge on any atom is -0.768 e. The van der Waals surface area contributed by atoms with Crippen molar-refractivity contribution in [3.8, 4) is 0 Å². The number of hydrogen-bond acceptors (Lipinski definition) is 12. The predicted octanol–water partition coefficient (Wildman–Crippen LogP) is -3.02. The van der Waals surface area contributed by atoms with Crippen LogP contribution < -0.4 is 0 Å². The topological polar surface area (TPSA) is 172 Å². The van der Waals surface area contributed by atoms with Crippen LogP contribution in [0.4, 0.5) is 0 Å². The molecule has 0 spiro atoms. The molecule has 0 saturated carbocycles. The Morgan fingerprint density at radius 2 is 0.529 bits per heavy atom. The molecule has 0 aliphatic rings. The van der Waals surface area contributed by atoms with Gasteiger partial charge in [-0.1, -0.05) is 0 Å². The van der Waals surface area contributed by atoms with Gasteiger partial charge in [0.25, 0.3) is 0 Å². The van der Waals surface area contributed by atoms with Gasteiger partial charge < -0.3 is 48.6 Å². The van der Waals surface area contributed by atoms with Gasteiger partial charge in [0.15, 0.2) is 0 Å². The van der Waals surface area contributed by atoms with E-state index in [1.165, 1.54) is 0 Å². The Kier molecular flexibility index (Phi) is 23.6. The van der Waals surface area contributed by atoms with Gasteiger partial charge in [0.05, 0.1) is 0 Å².